The molecule has 1 nitrogen and oxygen atoms in total. The monoisotopic (exact) mass is 202 g/mol. The number of benzene rings is 1. The fourth-order valence-corrected chi connectivity index (χ4v) is 0.890. The first kappa shape index (κ1) is 10.5. The molecule has 1 aromatic rings. The van der Waals surface area contributed by atoms with E-state index in [1.54, 1.807) is 0 Å². The maximum atomic E-state index is 12.9. The molecule has 1 rings (SSSR count). The van der Waals surface area contributed by atoms with Crippen molar-refractivity contribution in [3.05, 3.63) is 40.6 Å². The minimum absolute atomic E-state index is 0.152. The van der Waals surface area contributed by atoms with Crippen molar-refractivity contribution in [1.82, 2.24) is 0 Å². The molecular formula is C9H4F4N-. The number of nitrogens with zero attached hydrogens (tertiary/aromatic N) is 1. The third-order valence-electron chi connectivity index (χ3n) is 1.55. The zero-order valence-electron chi connectivity index (χ0n) is 6.77. The van der Waals surface area contributed by atoms with Gasteiger partial charge >= 0.3 is 6.18 Å². The molecule has 0 unspecified atom stereocenters. The molecule has 5 heteroatoms. The van der Waals surface area contributed by atoms with Crippen molar-refractivity contribution in [1.29, 1.82) is 0 Å². The van der Waals surface area contributed by atoms with Crippen LogP contribution in [-0.4, -0.2) is 5.87 Å². The minimum Gasteiger partial charge on any atom is -0.763 e. The van der Waals surface area contributed by atoms with Crippen LogP contribution >= 0.6 is 0 Å². The van der Waals surface area contributed by atoms with E-state index >= 15 is 0 Å². The first-order chi connectivity index (χ1) is 6.45. The summed E-state index contributed by atoms with van der Waals surface area (Å²) < 4.78 is 49.0. The molecule has 0 aliphatic rings. The summed E-state index contributed by atoms with van der Waals surface area (Å²) in [5, 5.41) is 8.18. The van der Waals surface area contributed by atoms with Gasteiger partial charge in [-0.2, -0.15) is 13.2 Å². The molecule has 0 bridgehead atoms. The summed E-state index contributed by atoms with van der Waals surface area (Å²) in [6.07, 6.45) is -3.72. The van der Waals surface area contributed by atoms with Gasteiger partial charge in [-0.15, -0.1) is 0 Å². The SMILES string of the molecule is [N-]=C=Cc1ccc(C(F)(F)F)cc1F. The average Bonchev–Trinajstić information content (AvgIpc) is 2.07. The van der Waals surface area contributed by atoms with Crippen LogP contribution in [0, 0.1) is 5.82 Å². The van der Waals surface area contributed by atoms with Gasteiger partial charge in [0.25, 0.3) is 0 Å². The molecule has 0 spiro atoms. The average molecular weight is 202 g/mol. The topological polar surface area (TPSA) is 22.3 Å². The molecule has 0 radical (unpaired) electrons. The highest BCUT2D eigenvalue weighted by molar-refractivity contribution is 5.79. The van der Waals surface area contributed by atoms with E-state index in [1.807, 2.05) is 0 Å². The Morgan fingerprint density at radius 1 is 1.29 bits per heavy atom. The van der Waals surface area contributed by atoms with Crippen LogP contribution in [-0.2, 0) is 6.18 Å². The van der Waals surface area contributed by atoms with Crippen molar-refractivity contribution >= 4 is 11.9 Å². The fourth-order valence-electron chi connectivity index (χ4n) is 0.890. The molecule has 0 saturated heterocycles. The van der Waals surface area contributed by atoms with Crippen molar-refractivity contribution in [3.63, 3.8) is 0 Å². The summed E-state index contributed by atoms with van der Waals surface area (Å²) >= 11 is 0. The highest BCUT2D eigenvalue weighted by atomic mass is 19.4. The normalized spacial score (nSPS) is 10.9. The zero-order valence-corrected chi connectivity index (χ0v) is 6.77. The van der Waals surface area contributed by atoms with Crippen LogP contribution in [0.5, 0.6) is 0 Å². The summed E-state index contributed by atoms with van der Waals surface area (Å²) in [7, 11) is 0. The van der Waals surface area contributed by atoms with Crippen LogP contribution in [0.2, 0.25) is 0 Å². The summed E-state index contributed by atoms with van der Waals surface area (Å²) in [5.74, 6) is 0.482. The summed E-state index contributed by atoms with van der Waals surface area (Å²) in [4.78, 5) is 0. The lowest BCUT2D eigenvalue weighted by atomic mass is 10.1. The van der Waals surface area contributed by atoms with E-state index in [1.165, 1.54) is 5.87 Å². The first-order valence-corrected chi connectivity index (χ1v) is 3.54. The Hall–Kier alpha value is -1.61. The van der Waals surface area contributed by atoms with Crippen LogP contribution in [0.25, 0.3) is 11.5 Å². The van der Waals surface area contributed by atoms with Crippen molar-refractivity contribution in [2.75, 3.05) is 0 Å². The second kappa shape index (κ2) is 3.64. The van der Waals surface area contributed by atoms with E-state index in [2.05, 4.69) is 0 Å². The van der Waals surface area contributed by atoms with Gasteiger partial charge in [-0.1, -0.05) is 6.07 Å². The van der Waals surface area contributed by atoms with Gasteiger partial charge in [-0.25, -0.2) is 4.39 Å². The lowest BCUT2D eigenvalue weighted by Gasteiger charge is -2.06. The lowest BCUT2D eigenvalue weighted by molar-refractivity contribution is -0.137. The van der Waals surface area contributed by atoms with E-state index in [4.69, 9.17) is 5.41 Å². The van der Waals surface area contributed by atoms with Gasteiger partial charge in [0.15, 0.2) is 0 Å². The number of alkyl halides is 3. The zero-order chi connectivity index (χ0) is 10.8. The largest absolute Gasteiger partial charge is 0.763 e. The third kappa shape index (κ3) is 2.20. The van der Waals surface area contributed by atoms with Gasteiger partial charge in [-0.05, 0) is 18.2 Å². The minimum atomic E-state index is -4.56. The van der Waals surface area contributed by atoms with Gasteiger partial charge in [0, 0.05) is 5.56 Å². The van der Waals surface area contributed by atoms with Gasteiger partial charge in [0.1, 0.15) is 5.82 Å². The Morgan fingerprint density at radius 2 is 1.93 bits per heavy atom. The van der Waals surface area contributed by atoms with Crippen molar-refractivity contribution in [2.45, 2.75) is 6.18 Å². The van der Waals surface area contributed by atoms with Gasteiger partial charge < -0.3 is 5.41 Å². The maximum Gasteiger partial charge on any atom is 0.416 e. The van der Waals surface area contributed by atoms with Crippen LogP contribution in [0.15, 0.2) is 18.2 Å². The Labute approximate surface area is 77.2 Å². The second-order valence-corrected chi connectivity index (χ2v) is 2.51. The highest BCUT2D eigenvalue weighted by Gasteiger charge is 2.30. The highest BCUT2D eigenvalue weighted by Crippen LogP contribution is 2.30. The van der Waals surface area contributed by atoms with E-state index in [9.17, 15) is 17.6 Å². The maximum absolute atomic E-state index is 12.9. The summed E-state index contributed by atoms with van der Waals surface area (Å²) in [6.45, 7) is 0. The molecule has 0 fully saturated rings. The molecule has 0 amide bonds. The standard InChI is InChI=1S/C9H4F4N/c10-8-5-7(9(11,12)13)2-1-6(8)3-4-14/h1-3,5H/q-1. The Balaban J connectivity index is 3.19. The number of halogens is 4. The quantitative estimate of drug-likeness (QED) is 0.493. The van der Waals surface area contributed by atoms with Crippen LogP contribution in [0.3, 0.4) is 0 Å². The summed E-state index contributed by atoms with van der Waals surface area (Å²) in [5.41, 5.74) is -1.22. The number of hydrogen-bond acceptors (Lipinski definition) is 0. The van der Waals surface area contributed by atoms with E-state index in [-0.39, 0.29) is 5.56 Å². The van der Waals surface area contributed by atoms with E-state index in [0.29, 0.717) is 6.07 Å². The molecule has 0 saturated carbocycles. The molecule has 0 atom stereocenters. The van der Waals surface area contributed by atoms with Crippen molar-refractivity contribution in [3.8, 4) is 0 Å². The molecule has 14 heavy (non-hydrogen) atoms. The molecule has 0 heterocycles. The molecule has 1 aromatic carbocycles. The van der Waals surface area contributed by atoms with Gasteiger partial charge in [0.05, 0.1) is 5.56 Å². The third-order valence-corrected chi connectivity index (χ3v) is 1.55. The molecule has 74 valence electrons. The van der Waals surface area contributed by atoms with Crippen LogP contribution in [0.4, 0.5) is 17.6 Å². The van der Waals surface area contributed by atoms with Crippen LogP contribution < -0.4 is 0 Å². The second-order valence-electron chi connectivity index (χ2n) is 2.51. The van der Waals surface area contributed by atoms with Crippen molar-refractivity contribution < 1.29 is 17.6 Å². The van der Waals surface area contributed by atoms with Gasteiger partial charge in [-0.3, -0.25) is 5.87 Å². The number of hydrogen-bond donors (Lipinski definition) is 0. The number of rotatable bonds is 1. The lowest BCUT2D eigenvalue weighted by Crippen LogP contribution is -2.05. The van der Waals surface area contributed by atoms with E-state index < -0.39 is 17.6 Å². The smallest absolute Gasteiger partial charge is 0.416 e. The molecule has 0 N–H and O–H groups in total. The Kier molecular flexibility index (Phi) is 2.72. The summed E-state index contributed by atoms with van der Waals surface area (Å²) in [6, 6.07) is 2.01. The predicted octanol–water partition coefficient (Wildman–Crippen LogP) is 3.10. The van der Waals surface area contributed by atoms with Crippen LogP contribution in [0.1, 0.15) is 11.1 Å². The predicted molar refractivity (Wildman–Crippen MR) is 44.2 cm³/mol. The van der Waals surface area contributed by atoms with Gasteiger partial charge in [0.2, 0.25) is 0 Å². The fraction of sp³-hybridized carbons (Fsp3) is 0.111. The molecule has 0 aromatic heterocycles. The van der Waals surface area contributed by atoms with Crippen molar-refractivity contribution in [2.24, 2.45) is 0 Å². The molecular weight excluding hydrogens is 198 g/mol. The molecule has 0 aliphatic carbocycles. The van der Waals surface area contributed by atoms with E-state index in [0.717, 1.165) is 18.2 Å². The first-order valence-electron chi connectivity index (χ1n) is 3.54. The Morgan fingerprint density at radius 3 is 2.36 bits per heavy atom. The Bertz CT molecular complexity index is 388. The molecule has 0 aliphatic heterocycles.